The van der Waals surface area contributed by atoms with Crippen molar-refractivity contribution in [3.63, 3.8) is 0 Å². The molecule has 0 N–H and O–H groups in total. The first-order chi connectivity index (χ1) is 9.33. The first-order valence-electron chi connectivity index (χ1n) is 6.81. The molecule has 0 radical (unpaired) electrons. The van der Waals surface area contributed by atoms with Gasteiger partial charge in [-0.15, -0.1) is 0 Å². The van der Waals surface area contributed by atoms with Gasteiger partial charge in [0.15, 0.2) is 0 Å². The Labute approximate surface area is 122 Å². The number of benzene rings is 2. The highest BCUT2D eigenvalue weighted by Crippen LogP contribution is 2.30. The topological polar surface area (TPSA) is 9.23 Å². The van der Waals surface area contributed by atoms with Crippen LogP contribution in [0.25, 0.3) is 11.1 Å². The van der Waals surface area contributed by atoms with Gasteiger partial charge in [-0.2, -0.15) is 0 Å². The molecule has 0 atom stereocenters. The van der Waals surface area contributed by atoms with Crippen LogP contribution in [0.15, 0.2) is 53.0 Å². The van der Waals surface area contributed by atoms with Crippen molar-refractivity contribution in [2.45, 2.75) is 19.3 Å². The Morgan fingerprint density at radius 2 is 1.74 bits per heavy atom. The van der Waals surface area contributed by atoms with Gasteiger partial charge in [0, 0.05) is 4.47 Å². The van der Waals surface area contributed by atoms with E-state index in [1.807, 2.05) is 6.07 Å². The molecule has 19 heavy (non-hydrogen) atoms. The molecule has 0 heterocycles. The Morgan fingerprint density at radius 3 is 2.37 bits per heavy atom. The van der Waals surface area contributed by atoms with Crippen LogP contribution in [-0.2, 0) is 0 Å². The van der Waals surface area contributed by atoms with Crippen LogP contribution in [0.1, 0.15) is 19.3 Å². The normalized spacial score (nSPS) is 15.0. The standard InChI is InChI=1S/C17H17BrO/c18-17-7-2-1-6-16(17)14-8-10-15(11-9-14)19-12-13-4-3-5-13/h1-2,6-11,13H,3-5,12H2. The van der Waals surface area contributed by atoms with Crippen LogP contribution in [0.5, 0.6) is 5.75 Å². The molecule has 0 aromatic heterocycles. The van der Waals surface area contributed by atoms with E-state index in [0.29, 0.717) is 0 Å². The molecule has 0 aliphatic heterocycles. The van der Waals surface area contributed by atoms with E-state index < -0.39 is 0 Å². The van der Waals surface area contributed by atoms with Crippen molar-refractivity contribution in [1.29, 1.82) is 0 Å². The Hall–Kier alpha value is -1.28. The monoisotopic (exact) mass is 316 g/mol. The SMILES string of the molecule is Brc1ccccc1-c1ccc(OCC2CCC2)cc1. The molecule has 2 aromatic rings. The van der Waals surface area contributed by atoms with E-state index >= 15 is 0 Å². The number of hydrogen-bond acceptors (Lipinski definition) is 1. The van der Waals surface area contributed by atoms with Gasteiger partial charge < -0.3 is 4.74 Å². The average Bonchev–Trinajstić information content (AvgIpc) is 2.39. The van der Waals surface area contributed by atoms with Gasteiger partial charge in [-0.1, -0.05) is 52.7 Å². The fourth-order valence-electron chi connectivity index (χ4n) is 2.30. The second-order valence-electron chi connectivity index (χ2n) is 5.11. The third-order valence-corrected chi connectivity index (χ3v) is 4.44. The third kappa shape index (κ3) is 3.01. The van der Waals surface area contributed by atoms with Gasteiger partial charge in [0.05, 0.1) is 6.61 Å². The minimum atomic E-state index is 0.781. The first-order valence-corrected chi connectivity index (χ1v) is 7.60. The zero-order valence-electron chi connectivity index (χ0n) is 10.8. The molecule has 2 aromatic carbocycles. The summed E-state index contributed by atoms with van der Waals surface area (Å²) >= 11 is 3.59. The van der Waals surface area contributed by atoms with E-state index in [1.54, 1.807) is 0 Å². The van der Waals surface area contributed by atoms with Gasteiger partial charge >= 0.3 is 0 Å². The van der Waals surface area contributed by atoms with Crippen LogP contribution in [0.2, 0.25) is 0 Å². The third-order valence-electron chi connectivity index (χ3n) is 3.75. The molecule has 98 valence electrons. The van der Waals surface area contributed by atoms with Crippen LogP contribution in [0, 0.1) is 5.92 Å². The highest BCUT2D eigenvalue weighted by Gasteiger charge is 2.17. The van der Waals surface area contributed by atoms with Crippen LogP contribution in [0.3, 0.4) is 0 Å². The molecule has 0 spiro atoms. The van der Waals surface area contributed by atoms with Crippen molar-refractivity contribution in [1.82, 2.24) is 0 Å². The molecule has 0 amide bonds. The largest absolute Gasteiger partial charge is 0.493 e. The van der Waals surface area contributed by atoms with Crippen LogP contribution < -0.4 is 4.74 Å². The minimum absolute atomic E-state index is 0.781. The maximum atomic E-state index is 5.82. The van der Waals surface area contributed by atoms with Crippen molar-refractivity contribution >= 4 is 15.9 Å². The Balaban J connectivity index is 1.69. The lowest BCUT2D eigenvalue weighted by molar-refractivity contribution is 0.180. The summed E-state index contributed by atoms with van der Waals surface area (Å²) in [5.41, 5.74) is 2.43. The van der Waals surface area contributed by atoms with Crippen molar-refractivity contribution in [3.8, 4) is 16.9 Å². The van der Waals surface area contributed by atoms with Crippen molar-refractivity contribution in [3.05, 3.63) is 53.0 Å². The molecule has 0 saturated heterocycles. The van der Waals surface area contributed by atoms with Crippen molar-refractivity contribution in [2.75, 3.05) is 6.61 Å². The number of ether oxygens (including phenoxy) is 1. The fourth-order valence-corrected chi connectivity index (χ4v) is 2.81. The van der Waals surface area contributed by atoms with E-state index in [-0.39, 0.29) is 0 Å². The Bertz CT molecular complexity index is 543. The van der Waals surface area contributed by atoms with Gasteiger partial charge in [-0.25, -0.2) is 0 Å². The lowest BCUT2D eigenvalue weighted by Crippen LogP contribution is -2.19. The molecule has 0 unspecified atom stereocenters. The van der Waals surface area contributed by atoms with Crippen molar-refractivity contribution < 1.29 is 4.74 Å². The molecular formula is C17H17BrO. The first kappa shape index (κ1) is 12.7. The molecule has 1 aliphatic carbocycles. The maximum absolute atomic E-state index is 5.82. The van der Waals surface area contributed by atoms with Crippen molar-refractivity contribution in [2.24, 2.45) is 5.92 Å². The predicted octanol–water partition coefficient (Wildman–Crippen LogP) is 5.30. The van der Waals surface area contributed by atoms with Crippen LogP contribution >= 0.6 is 15.9 Å². The molecule has 1 aliphatic rings. The van der Waals surface area contributed by atoms with E-state index in [2.05, 4.69) is 58.4 Å². The minimum Gasteiger partial charge on any atom is -0.493 e. The number of rotatable bonds is 4. The Kier molecular flexibility index (Phi) is 3.88. The van der Waals surface area contributed by atoms with Gasteiger partial charge in [0.25, 0.3) is 0 Å². The zero-order chi connectivity index (χ0) is 13.1. The lowest BCUT2D eigenvalue weighted by Gasteiger charge is -2.25. The summed E-state index contributed by atoms with van der Waals surface area (Å²) in [6.45, 7) is 0.869. The lowest BCUT2D eigenvalue weighted by atomic mass is 9.86. The van der Waals surface area contributed by atoms with Crippen LogP contribution in [-0.4, -0.2) is 6.61 Å². The summed E-state index contributed by atoms with van der Waals surface area (Å²) in [5, 5.41) is 0. The molecule has 1 saturated carbocycles. The molecule has 1 fully saturated rings. The quantitative estimate of drug-likeness (QED) is 0.744. The fraction of sp³-hybridized carbons (Fsp3) is 0.294. The summed E-state index contributed by atoms with van der Waals surface area (Å²) in [5.74, 6) is 1.76. The van der Waals surface area contributed by atoms with Gasteiger partial charge in [-0.3, -0.25) is 0 Å². The zero-order valence-corrected chi connectivity index (χ0v) is 12.4. The molecular weight excluding hydrogens is 300 g/mol. The smallest absolute Gasteiger partial charge is 0.119 e. The van der Waals surface area contributed by atoms with Gasteiger partial charge in [0.1, 0.15) is 5.75 Å². The average molecular weight is 317 g/mol. The summed E-state index contributed by atoms with van der Waals surface area (Å²) in [7, 11) is 0. The highest BCUT2D eigenvalue weighted by atomic mass is 79.9. The second kappa shape index (κ2) is 5.79. The summed E-state index contributed by atoms with van der Waals surface area (Å²) in [4.78, 5) is 0. The number of hydrogen-bond donors (Lipinski definition) is 0. The van der Waals surface area contributed by atoms with Crippen LogP contribution in [0.4, 0.5) is 0 Å². The Morgan fingerprint density at radius 1 is 1.00 bits per heavy atom. The summed E-state index contributed by atoms with van der Waals surface area (Å²) in [6.07, 6.45) is 4.03. The summed E-state index contributed by atoms with van der Waals surface area (Å²) in [6, 6.07) is 16.6. The molecule has 0 bridgehead atoms. The molecule has 1 nitrogen and oxygen atoms in total. The highest BCUT2D eigenvalue weighted by molar-refractivity contribution is 9.10. The van der Waals surface area contributed by atoms with Gasteiger partial charge in [0.2, 0.25) is 0 Å². The second-order valence-corrected chi connectivity index (χ2v) is 5.97. The number of halogens is 1. The van der Waals surface area contributed by atoms with E-state index in [0.717, 1.165) is 22.7 Å². The predicted molar refractivity (Wildman–Crippen MR) is 82.4 cm³/mol. The summed E-state index contributed by atoms with van der Waals surface area (Å²) < 4.78 is 6.94. The van der Waals surface area contributed by atoms with E-state index in [9.17, 15) is 0 Å². The van der Waals surface area contributed by atoms with Gasteiger partial charge in [-0.05, 0) is 48.1 Å². The molecule has 3 rings (SSSR count). The van der Waals surface area contributed by atoms with E-state index in [4.69, 9.17) is 4.74 Å². The van der Waals surface area contributed by atoms with E-state index in [1.165, 1.54) is 30.4 Å². The molecule has 2 heteroatoms. The maximum Gasteiger partial charge on any atom is 0.119 e.